The minimum Gasteiger partial charge on any atom is -0.371 e. The predicted octanol–water partition coefficient (Wildman–Crippen LogP) is 2.72. The Morgan fingerprint density at radius 2 is 1.85 bits per heavy atom. The van der Waals surface area contributed by atoms with Crippen molar-refractivity contribution in [2.24, 2.45) is 0 Å². The van der Waals surface area contributed by atoms with E-state index in [0.29, 0.717) is 18.8 Å². The second-order valence-electron chi connectivity index (χ2n) is 6.28. The van der Waals surface area contributed by atoms with Crippen molar-refractivity contribution in [1.29, 1.82) is 0 Å². The zero-order valence-corrected chi connectivity index (χ0v) is 15.6. The summed E-state index contributed by atoms with van der Waals surface area (Å²) >= 11 is 0. The quantitative estimate of drug-likeness (QED) is 0.893. The molecule has 1 amide bonds. The van der Waals surface area contributed by atoms with Gasteiger partial charge in [0, 0.05) is 25.7 Å². The van der Waals surface area contributed by atoms with Gasteiger partial charge in [0.05, 0.1) is 17.6 Å². The first-order valence-corrected chi connectivity index (χ1v) is 9.87. The normalized spacial score (nSPS) is 18.5. The molecule has 0 saturated carbocycles. The summed E-state index contributed by atoms with van der Waals surface area (Å²) in [7, 11) is -3.62. The summed E-state index contributed by atoms with van der Waals surface area (Å²) in [6, 6.07) is 14.1. The van der Waals surface area contributed by atoms with E-state index < -0.39 is 10.0 Å². The van der Waals surface area contributed by atoms with E-state index >= 15 is 0 Å². The van der Waals surface area contributed by atoms with E-state index in [1.165, 1.54) is 23.4 Å². The largest absolute Gasteiger partial charge is 0.371 e. The SMILES string of the molecule is CC(=O)Nc1ccc(S(=O)(=O)N2CCOC(c3ccccc3C)C2)cc1. The number of anilines is 1. The lowest BCUT2D eigenvalue weighted by Gasteiger charge is -2.33. The molecule has 26 heavy (non-hydrogen) atoms. The Labute approximate surface area is 153 Å². The number of hydrogen-bond acceptors (Lipinski definition) is 4. The number of hydrogen-bond donors (Lipinski definition) is 1. The highest BCUT2D eigenvalue weighted by atomic mass is 32.2. The summed E-state index contributed by atoms with van der Waals surface area (Å²) in [5, 5.41) is 2.63. The van der Waals surface area contributed by atoms with Crippen molar-refractivity contribution >= 4 is 21.6 Å². The first kappa shape index (κ1) is 18.6. The number of sulfonamides is 1. The highest BCUT2D eigenvalue weighted by molar-refractivity contribution is 7.89. The summed E-state index contributed by atoms with van der Waals surface area (Å²) in [5.74, 6) is -0.199. The summed E-state index contributed by atoms with van der Waals surface area (Å²) in [6.45, 7) is 4.35. The first-order valence-electron chi connectivity index (χ1n) is 8.43. The lowest BCUT2D eigenvalue weighted by Crippen LogP contribution is -2.42. The Morgan fingerprint density at radius 1 is 1.15 bits per heavy atom. The zero-order chi connectivity index (χ0) is 18.7. The molecule has 1 unspecified atom stereocenters. The number of benzene rings is 2. The van der Waals surface area contributed by atoms with Crippen LogP contribution in [0.25, 0.3) is 0 Å². The molecule has 0 bridgehead atoms. The fraction of sp³-hybridized carbons (Fsp3) is 0.316. The molecule has 1 saturated heterocycles. The van der Waals surface area contributed by atoms with E-state index in [1.807, 2.05) is 31.2 Å². The third-order valence-electron chi connectivity index (χ3n) is 4.38. The van der Waals surface area contributed by atoms with Crippen molar-refractivity contribution in [3.63, 3.8) is 0 Å². The van der Waals surface area contributed by atoms with E-state index in [9.17, 15) is 13.2 Å². The maximum Gasteiger partial charge on any atom is 0.243 e. The van der Waals surface area contributed by atoms with Crippen LogP contribution in [-0.2, 0) is 19.6 Å². The van der Waals surface area contributed by atoms with Crippen LogP contribution in [-0.4, -0.2) is 38.3 Å². The molecule has 7 heteroatoms. The molecule has 1 fully saturated rings. The molecule has 2 aromatic carbocycles. The van der Waals surface area contributed by atoms with Gasteiger partial charge in [-0.15, -0.1) is 0 Å². The molecule has 0 spiro atoms. The third-order valence-corrected chi connectivity index (χ3v) is 6.26. The second kappa shape index (κ2) is 7.57. The average molecular weight is 374 g/mol. The van der Waals surface area contributed by atoms with Crippen molar-refractivity contribution in [2.75, 3.05) is 25.0 Å². The Morgan fingerprint density at radius 3 is 2.50 bits per heavy atom. The maximum absolute atomic E-state index is 13.0. The highest BCUT2D eigenvalue weighted by Gasteiger charge is 2.31. The Bertz CT molecular complexity index is 894. The van der Waals surface area contributed by atoms with Gasteiger partial charge in [-0.2, -0.15) is 4.31 Å². The number of nitrogens with zero attached hydrogens (tertiary/aromatic N) is 1. The molecule has 2 aromatic rings. The lowest BCUT2D eigenvalue weighted by molar-refractivity contribution is -0.114. The van der Waals surface area contributed by atoms with Gasteiger partial charge in [-0.05, 0) is 42.3 Å². The van der Waals surface area contributed by atoms with Gasteiger partial charge < -0.3 is 10.1 Å². The topological polar surface area (TPSA) is 75.7 Å². The monoisotopic (exact) mass is 374 g/mol. The third kappa shape index (κ3) is 3.95. The van der Waals surface area contributed by atoms with E-state index in [1.54, 1.807) is 12.1 Å². The number of carbonyl (C=O) groups excluding carboxylic acids is 1. The van der Waals surface area contributed by atoms with E-state index in [0.717, 1.165) is 11.1 Å². The first-order chi connectivity index (χ1) is 12.4. The Balaban J connectivity index is 1.80. The minimum atomic E-state index is -3.62. The lowest BCUT2D eigenvalue weighted by atomic mass is 10.0. The number of morpholine rings is 1. The fourth-order valence-electron chi connectivity index (χ4n) is 3.04. The maximum atomic E-state index is 13.0. The molecule has 1 N–H and O–H groups in total. The van der Waals surface area contributed by atoms with Crippen molar-refractivity contribution < 1.29 is 17.9 Å². The van der Waals surface area contributed by atoms with Crippen LogP contribution in [0, 0.1) is 6.92 Å². The molecule has 1 heterocycles. The van der Waals surface area contributed by atoms with Crippen molar-refractivity contribution in [1.82, 2.24) is 4.31 Å². The molecule has 6 nitrogen and oxygen atoms in total. The second-order valence-corrected chi connectivity index (χ2v) is 8.22. The van der Waals surface area contributed by atoms with Gasteiger partial charge in [0.25, 0.3) is 0 Å². The van der Waals surface area contributed by atoms with Crippen molar-refractivity contribution in [3.05, 3.63) is 59.7 Å². The van der Waals surface area contributed by atoms with Crippen LogP contribution in [0.3, 0.4) is 0 Å². The van der Waals surface area contributed by atoms with Crippen molar-refractivity contribution in [2.45, 2.75) is 24.8 Å². The Kier molecular flexibility index (Phi) is 5.41. The standard InChI is InChI=1S/C19H22N2O4S/c1-14-5-3-4-6-18(14)19-13-21(11-12-25-19)26(23,24)17-9-7-16(8-10-17)20-15(2)22/h3-10,19H,11-13H2,1-2H3,(H,20,22). The fourth-order valence-corrected chi connectivity index (χ4v) is 4.47. The van der Waals surface area contributed by atoms with Gasteiger partial charge in [0.2, 0.25) is 15.9 Å². The Hall–Kier alpha value is -2.22. The number of rotatable bonds is 4. The summed E-state index contributed by atoms with van der Waals surface area (Å²) in [6.07, 6.45) is -0.279. The number of carbonyl (C=O) groups is 1. The van der Waals surface area contributed by atoms with Gasteiger partial charge in [-0.25, -0.2) is 8.42 Å². The van der Waals surface area contributed by atoms with Crippen LogP contribution in [0.2, 0.25) is 0 Å². The van der Waals surface area contributed by atoms with E-state index in [-0.39, 0.29) is 23.5 Å². The van der Waals surface area contributed by atoms with E-state index in [4.69, 9.17) is 4.74 Å². The molecule has 138 valence electrons. The molecule has 0 aromatic heterocycles. The van der Waals surface area contributed by atoms with Crippen LogP contribution in [0.4, 0.5) is 5.69 Å². The predicted molar refractivity (Wildman–Crippen MR) is 99.4 cm³/mol. The molecule has 0 aliphatic carbocycles. The molecular weight excluding hydrogens is 352 g/mol. The number of aryl methyl sites for hydroxylation is 1. The van der Waals surface area contributed by atoms with E-state index in [2.05, 4.69) is 5.32 Å². The summed E-state index contributed by atoms with van der Waals surface area (Å²) in [4.78, 5) is 11.3. The summed E-state index contributed by atoms with van der Waals surface area (Å²) in [5.41, 5.74) is 2.65. The number of ether oxygens (including phenoxy) is 1. The molecule has 3 rings (SSSR count). The average Bonchev–Trinajstić information content (AvgIpc) is 2.62. The molecule has 1 aliphatic rings. The van der Waals surface area contributed by atoms with Gasteiger partial charge >= 0.3 is 0 Å². The van der Waals surface area contributed by atoms with Gasteiger partial charge in [0.1, 0.15) is 0 Å². The van der Waals surface area contributed by atoms with Crippen LogP contribution < -0.4 is 5.32 Å². The molecule has 1 aliphatic heterocycles. The zero-order valence-electron chi connectivity index (χ0n) is 14.8. The highest BCUT2D eigenvalue weighted by Crippen LogP contribution is 2.28. The summed E-state index contributed by atoms with van der Waals surface area (Å²) < 4.78 is 33.2. The van der Waals surface area contributed by atoms with Crippen LogP contribution >= 0.6 is 0 Å². The minimum absolute atomic E-state index is 0.199. The molecule has 0 radical (unpaired) electrons. The smallest absolute Gasteiger partial charge is 0.243 e. The van der Waals surface area contributed by atoms with Crippen LogP contribution in [0.5, 0.6) is 0 Å². The van der Waals surface area contributed by atoms with Crippen LogP contribution in [0.1, 0.15) is 24.2 Å². The van der Waals surface area contributed by atoms with Gasteiger partial charge in [0.15, 0.2) is 0 Å². The number of amides is 1. The molecular formula is C19H22N2O4S. The van der Waals surface area contributed by atoms with Gasteiger partial charge in [-0.1, -0.05) is 24.3 Å². The van der Waals surface area contributed by atoms with Crippen LogP contribution in [0.15, 0.2) is 53.4 Å². The van der Waals surface area contributed by atoms with Crippen molar-refractivity contribution in [3.8, 4) is 0 Å². The van der Waals surface area contributed by atoms with Gasteiger partial charge in [-0.3, -0.25) is 4.79 Å². The number of nitrogens with one attached hydrogen (secondary N) is 1. The molecule has 1 atom stereocenters.